The Balaban J connectivity index is 1.86. The molecule has 2 heterocycles. The van der Waals surface area contributed by atoms with Gasteiger partial charge in [0.25, 0.3) is 0 Å². The fraction of sp³-hybridized carbons (Fsp3) is 0.304. The molecule has 0 fully saturated rings. The normalized spacial score (nSPS) is 13.2. The summed E-state index contributed by atoms with van der Waals surface area (Å²) in [6, 6.07) is 17.5. The third-order valence-electron chi connectivity index (χ3n) is 5.12. The Hall–Kier alpha value is -2.68. The quantitative estimate of drug-likeness (QED) is 0.699. The number of nitrogens with zero attached hydrogens (tertiary/aromatic N) is 2. The van der Waals surface area contributed by atoms with Crippen LogP contribution in [0.4, 0.5) is 5.82 Å². The minimum Gasteiger partial charge on any atom is -0.369 e. The number of aryl methyl sites for hydroxylation is 3. The molecule has 26 heavy (non-hydrogen) atoms. The predicted octanol–water partition coefficient (Wildman–Crippen LogP) is 5.29. The summed E-state index contributed by atoms with van der Waals surface area (Å²) in [5, 5.41) is 3.42. The number of benzene rings is 2. The van der Waals surface area contributed by atoms with Gasteiger partial charge in [0.05, 0.1) is 17.1 Å². The monoisotopic (exact) mass is 343 g/mol. The van der Waals surface area contributed by atoms with Crippen molar-refractivity contribution in [2.45, 2.75) is 39.5 Å². The predicted molar refractivity (Wildman–Crippen MR) is 108 cm³/mol. The van der Waals surface area contributed by atoms with E-state index < -0.39 is 0 Å². The van der Waals surface area contributed by atoms with E-state index in [-0.39, 0.29) is 0 Å². The summed E-state index contributed by atoms with van der Waals surface area (Å²) in [4.78, 5) is 10.0. The molecular weight excluding hydrogens is 318 g/mol. The first-order chi connectivity index (χ1) is 12.8. The van der Waals surface area contributed by atoms with E-state index in [0.29, 0.717) is 0 Å². The fourth-order valence-corrected chi connectivity index (χ4v) is 3.45. The molecule has 0 unspecified atom stereocenters. The summed E-state index contributed by atoms with van der Waals surface area (Å²) in [5.74, 6) is 0.944. The summed E-state index contributed by atoms with van der Waals surface area (Å²) in [6.45, 7) is 5.33. The largest absolute Gasteiger partial charge is 0.369 e. The molecular formula is C23H25N3. The lowest BCUT2D eigenvalue weighted by Crippen LogP contribution is -2.16. The van der Waals surface area contributed by atoms with Gasteiger partial charge in [0.1, 0.15) is 5.82 Å². The lowest BCUT2D eigenvalue weighted by atomic mass is 10.00. The average Bonchev–Trinajstić information content (AvgIpc) is 2.73. The Morgan fingerprint density at radius 3 is 1.85 bits per heavy atom. The maximum absolute atomic E-state index is 5.03. The zero-order valence-electron chi connectivity index (χ0n) is 15.5. The highest BCUT2D eigenvalue weighted by Gasteiger charge is 2.18. The van der Waals surface area contributed by atoms with Crippen molar-refractivity contribution >= 4 is 5.82 Å². The Bertz CT molecular complexity index is 819. The molecule has 2 aromatic carbocycles. The summed E-state index contributed by atoms with van der Waals surface area (Å²) in [5.41, 5.74) is 7.98. The van der Waals surface area contributed by atoms with Crippen LogP contribution in [0.2, 0.25) is 0 Å². The maximum Gasteiger partial charge on any atom is 0.148 e. The summed E-state index contributed by atoms with van der Waals surface area (Å²) in [6.07, 6.45) is 4.19. The van der Waals surface area contributed by atoms with Gasteiger partial charge < -0.3 is 5.32 Å². The highest BCUT2D eigenvalue weighted by molar-refractivity contribution is 5.79. The molecule has 132 valence electrons. The van der Waals surface area contributed by atoms with Gasteiger partial charge in [-0.3, -0.25) is 0 Å². The molecule has 0 amide bonds. The van der Waals surface area contributed by atoms with Gasteiger partial charge in [-0.1, -0.05) is 62.4 Å². The lowest BCUT2D eigenvalue weighted by Gasteiger charge is -2.19. The van der Waals surface area contributed by atoms with Crippen molar-refractivity contribution in [1.29, 1.82) is 0 Å². The number of anilines is 1. The first-order valence-electron chi connectivity index (χ1n) is 9.62. The Morgan fingerprint density at radius 1 is 0.769 bits per heavy atom. The van der Waals surface area contributed by atoms with Crippen molar-refractivity contribution in [2.75, 3.05) is 11.9 Å². The van der Waals surface area contributed by atoms with Crippen LogP contribution >= 0.6 is 0 Å². The fourth-order valence-electron chi connectivity index (χ4n) is 3.45. The van der Waals surface area contributed by atoms with Crippen molar-refractivity contribution in [3.63, 3.8) is 0 Å². The van der Waals surface area contributed by atoms with Crippen LogP contribution in [-0.2, 0) is 19.3 Å². The molecule has 1 aliphatic rings. The summed E-state index contributed by atoms with van der Waals surface area (Å²) in [7, 11) is 0. The zero-order chi connectivity index (χ0) is 17.9. The average molecular weight is 343 g/mol. The Labute approximate surface area is 155 Å². The van der Waals surface area contributed by atoms with E-state index in [9.17, 15) is 0 Å². The number of nitrogens with one attached hydrogen (secondary N) is 1. The first-order valence-corrected chi connectivity index (χ1v) is 9.62. The van der Waals surface area contributed by atoms with E-state index in [0.717, 1.165) is 66.3 Å². The van der Waals surface area contributed by atoms with Crippen LogP contribution in [0.3, 0.4) is 0 Å². The zero-order valence-corrected chi connectivity index (χ0v) is 15.5. The van der Waals surface area contributed by atoms with Crippen molar-refractivity contribution < 1.29 is 0 Å². The second-order valence-electron chi connectivity index (χ2n) is 6.85. The number of rotatable bonds is 4. The van der Waals surface area contributed by atoms with E-state index in [1.807, 2.05) is 0 Å². The molecule has 0 aliphatic carbocycles. The Morgan fingerprint density at radius 2 is 1.31 bits per heavy atom. The number of hydrogen-bond acceptors (Lipinski definition) is 3. The van der Waals surface area contributed by atoms with Crippen LogP contribution in [0.25, 0.3) is 22.5 Å². The van der Waals surface area contributed by atoms with Crippen molar-refractivity contribution in [1.82, 2.24) is 9.97 Å². The van der Waals surface area contributed by atoms with Gasteiger partial charge in [0, 0.05) is 17.7 Å². The second-order valence-corrected chi connectivity index (χ2v) is 6.85. The minimum absolute atomic E-state index is 0.944. The smallest absolute Gasteiger partial charge is 0.148 e. The molecule has 0 atom stereocenters. The summed E-state index contributed by atoms with van der Waals surface area (Å²) >= 11 is 0. The Kier molecular flexibility index (Phi) is 4.70. The number of fused-ring (bicyclic) bond motifs is 1. The van der Waals surface area contributed by atoms with E-state index in [2.05, 4.69) is 67.7 Å². The van der Waals surface area contributed by atoms with Gasteiger partial charge >= 0.3 is 0 Å². The van der Waals surface area contributed by atoms with Gasteiger partial charge in [-0.15, -0.1) is 0 Å². The molecule has 1 aromatic heterocycles. The van der Waals surface area contributed by atoms with Gasteiger partial charge in [-0.25, -0.2) is 9.97 Å². The SMILES string of the molecule is CCc1ccc(-c2nc3c(nc2-c2ccc(CC)cc2)NCCC3)cc1. The van der Waals surface area contributed by atoms with Crippen molar-refractivity contribution in [2.24, 2.45) is 0 Å². The summed E-state index contributed by atoms with van der Waals surface area (Å²) < 4.78 is 0. The van der Waals surface area contributed by atoms with E-state index >= 15 is 0 Å². The number of hydrogen-bond donors (Lipinski definition) is 1. The molecule has 3 nitrogen and oxygen atoms in total. The van der Waals surface area contributed by atoms with E-state index in [4.69, 9.17) is 9.97 Å². The highest BCUT2D eigenvalue weighted by atomic mass is 15.0. The van der Waals surface area contributed by atoms with Crippen molar-refractivity contribution in [3.8, 4) is 22.5 Å². The van der Waals surface area contributed by atoms with Gasteiger partial charge in [0.15, 0.2) is 0 Å². The van der Waals surface area contributed by atoms with Crippen LogP contribution < -0.4 is 5.32 Å². The second kappa shape index (κ2) is 7.28. The lowest BCUT2D eigenvalue weighted by molar-refractivity contribution is 0.790. The molecule has 0 bridgehead atoms. The van der Waals surface area contributed by atoms with Gasteiger partial charge in [0.2, 0.25) is 0 Å². The van der Waals surface area contributed by atoms with Gasteiger partial charge in [-0.2, -0.15) is 0 Å². The van der Waals surface area contributed by atoms with Crippen LogP contribution in [0.5, 0.6) is 0 Å². The molecule has 0 spiro atoms. The van der Waals surface area contributed by atoms with E-state index in [1.165, 1.54) is 11.1 Å². The third-order valence-corrected chi connectivity index (χ3v) is 5.12. The van der Waals surface area contributed by atoms with Gasteiger partial charge in [-0.05, 0) is 36.8 Å². The molecule has 4 rings (SSSR count). The molecule has 3 heteroatoms. The van der Waals surface area contributed by atoms with Crippen molar-refractivity contribution in [3.05, 3.63) is 65.4 Å². The molecule has 1 N–H and O–H groups in total. The third kappa shape index (κ3) is 3.22. The van der Waals surface area contributed by atoms with Crippen LogP contribution in [-0.4, -0.2) is 16.5 Å². The van der Waals surface area contributed by atoms with Crippen LogP contribution in [0.15, 0.2) is 48.5 Å². The van der Waals surface area contributed by atoms with E-state index in [1.54, 1.807) is 0 Å². The number of aromatic nitrogens is 2. The first kappa shape index (κ1) is 16.8. The van der Waals surface area contributed by atoms with Crippen LogP contribution in [0.1, 0.15) is 37.1 Å². The molecule has 3 aromatic rings. The molecule has 1 aliphatic heterocycles. The van der Waals surface area contributed by atoms with Crippen LogP contribution in [0, 0.1) is 0 Å². The topological polar surface area (TPSA) is 37.8 Å². The maximum atomic E-state index is 5.03. The molecule has 0 saturated heterocycles. The minimum atomic E-state index is 0.944. The standard InChI is InChI=1S/C23H25N3/c1-3-16-7-11-18(12-8-16)21-22(19-13-9-17(4-2)10-14-19)26-23-20(25-21)6-5-15-24-23/h7-14H,3-6,15H2,1-2H3,(H,24,26). The molecule has 0 radical (unpaired) electrons. The molecule has 0 saturated carbocycles. The highest BCUT2D eigenvalue weighted by Crippen LogP contribution is 2.33.